The Balaban J connectivity index is 2.28. The summed E-state index contributed by atoms with van der Waals surface area (Å²) in [5, 5.41) is 1.05. The number of nitrogens with two attached hydrogens (primary N) is 1. The van der Waals surface area contributed by atoms with E-state index in [9.17, 15) is 0 Å². The molecule has 1 saturated carbocycles. The molecule has 0 atom stereocenters. The number of hydrogen-bond acceptors (Lipinski definition) is 4. The van der Waals surface area contributed by atoms with Gasteiger partial charge < -0.3 is 5.73 Å². The Bertz CT molecular complexity index is 312. The molecule has 1 aromatic rings. The summed E-state index contributed by atoms with van der Waals surface area (Å²) < 4.78 is 0. The average Bonchev–Trinajstić information content (AvgIpc) is 2.81. The molecule has 0 aliphatic heterocycles. The first kappa shape index (κ1) is 10.9. The van der Waals surface area contributed by atoms with Crippen molar-refractivity contribution >= 4 is 11.8 Å². The summed E-state index contributed by atoms with van der Waals surface area (Å²) in [5.74, 6) is 1.42. The summed E-state index contributed by atoms with van der Waals surface area (Å²) >= 11 is 1.66. The van der Waals surface area contributed by atoms with Crippen LogP contribution >= 0.6 is 11.8 Å². The maximum Gasteiger partial charge on any atom is 0.143 e. The van der Waals surface area contributed by atoms with E-state index in [1.54, 1.807) is 11.8 Å². The van der Waals surface area contributed by atoms with Crippen LogP contribution in [0.2, 0.25) is 0 Å². The largest absolute Gasteiger partial charge is 0.324 e. The van der Waals surface area contributed by atoms with E-state index in [-0.39, 0.29) is 0 Å². The zero-order valence-electron chi connectivity index (χ0n) is 9.07. The maximum atomic E-state index is 5.61. The molecular weight excluding hydrogens is 206 g/mol. The van der Waals surface area contributed by atoms with Gasteiger partial charge in [0.05, 0.1) is 11.6 Å². The topological polar surface area (TPSA) is 51.8 Å². The van der Waals surface area contributed by atoms with Crippen LogP contribution in [-0.2, 0) is 6.54 Å². The highest BCUT2D eigenvalue weighted by Crippen LogP contribution is 2.33. The van der Waals surface area contributed by atoms with Crippen LogP contribution < -0.4 is 5.73 Å². The lowest BCUT2D eigenvalue weighted by molar-refractivity contribution is 0.674. The number of rotatable bonds is 3. The van der Waals surface area contributed by atoms with Crippen LogP contribution in [0.1, 0.15) is 43.1 Å². The summed E-state index contributed by atoms with van der Waals surface area (Å²) in [7, 11) is 0. The van der Waals surface area contributed by atoms with Gasteiger partial charge in [0.25, 0.3) is 0 Å². The van der Waals surface area contributed by atoms with Crippen LogP contribution in [0.4, 0.5) is 0 Å². The molecule has 1 fully saturated rings. The molecule has 0 unspecified atom stereocenters. The second kappa shape index (κ2) is 4.94. The minimum atomic E-state index is 0.439. The van der Waals surface area contributed by atoms with Crippen molar-refractivity contribution in [1.82, 2.24) is 9.97 Å². The van der Waals surface area contributed by atoms with E-state index in [1.165, 1.54) is 31.4 Å². The summed E-state index contributed by atoms with van der Waals surface area (Å²) in [6.07, 6.45) is 7.26. The normalized spacial score (nSPS) is 17.2. The standard InChI is InChI=1S/C11H17N3S/c1-15-11-6-9(8-4-2-3-5-8)13-10(7-12)14-11/h6,8H,2-5,7,12H2,1H3. The van der Waals surface area contributed by atoms with E-state index in [2.05, 4.69) is 16.0 Å². The lowest BCUT2D eigenvalue weighted by Crippen LogP contribution is -2.08. The van der Waals surface area contributed by atoms with E-state index in [1.807, 2.05) is 6.26 Å². The van der Waals surface area contributed by atoms with Gasteiger partial charge >= 0.3 is 0 Å². The minimum absolute atomic E-state index is 0.439. The fourth-order valence-corrected chi connectivity index (χ4v) is 2.55. The molecule has 1 aliphatic rings. The summed E-state index contributed by atoms with van der Waals surface area (Å²) in [4.78, 5) is 8.90. The highest BCUT2D eigenvalue weighted by molar-refractivity contribution is 7.98. The molecule has 1 aromatic heterocycles. The molecule has 15 heavy (non-hydrogen) atoms. The number of hydrogen-bond donors (Lipinski definition) is 1. The van der Waals surface area contributed by atoms with Gasteiger partial charge in [0.1, 0.15) is 5.82 Å². The van der Waals surface area contributed by atoms with Gasteiger partial charge in [-0.2, -0.15) is 0 Å². The molecule has 0 radical (unpaired) electrons. The molecule has 0 spiro atoms. The highest BCUT2D eigenvalue weighted by atomic mass is 32.2. The molecule has 0 aromatic carbocycles. The third-order valence-electron chi connectivity index (χ3n) is 2.93. The Hall–Kier alpha value is -0.610. The Kier molecular flexibility index (Phi) is 3.59. The third-order valence-corrected chi connectivity index (χ3v) is 3.56. The van der Waals surface area contributed by atoms with Gasteiger partial charge in [0.2, 0.25) is 0 Å². The monoisotopic (exact) mass is 223 g/mol. The Labute approximate surface area is 94.9 Å². The first-order valence-electron chi connectivity index (χ1n) is 5.45. The smallest absolute Gasteiger partial charge is 0.143 e. The SMILES string of the molecule is CSc1cc(C2CCCC2)nc(CN)n1. The first-order chi connectivity index (χ1) is 7.33. The van der Waals surface area contributed by atoms with E-state index in [4.69, 9.17) is 5.73 Å². The van der Waals surface area contributed by atoms with Crippen molar-refractivity contribution < 1.29 is 0 Å². The van der Waals surface area contributed by atoms with Crippen molar-refractivity contribution in [2.24, 2.45) is 5.73 Å². The molecule has 1 aliphatic carbocycles. The fourth-order valence-electron chi connectivity index (χ4n) is 2.12. The minimum Gasteiger partial charge on any atom is -0.324 e. The highest BCUT2D eigenvalue weighted by Gasteiger charge is 2.19. The van der Waals surface area contributed by atoms with Crippen LogP contribution in [0.3, 0.4) is 0 Å². The molecule has 2 N–H and O–H groups in total. The van der Waals surface area contributed by atoms with Crippen LogP contribution in [-0.4, -0.2) is 16.2 Å². The van der Waals surface area contributed by atoms with E-state index >= 15 is 0 Å². The number of aromatic nitrogens is 2. The van der Waals surface area contributed by atoms with Crippen LogP contribution in [0.15, 0.2) is 11.1 Å². The Morgan fingerprint density at radius 3 is 2.73 bits per heavy atom. The summed E-state index contributed by atoms with van der Waals surface area (Å²) in [6.45, 7) is 0.439. The lowest BCUT2D eigenvalue weighted by atomic mass is 10.0. The lowest BCUT2D eigenvalue weighted by Gasteiger charge is -2.10. The molecule has 4 heteroatoms. The number of thioether (sulfide) groups is 1. The Morgan fingerprint density at radius 1 is 1.40 bits per heavy atom. The molecule has 0 saturated heterocycles. The van der Waals surface area contributed by atoms with Crippen molar-refractivity contribution in [2.75, 3.05) is 6.26 Å². The van der Waals surface area contributed by atoms with Gasteiger partial charge in [0.15, 0.2) is 0 Å². The predicted molar refractivity (Wildman–Crippen MR) is 62.9 cm³/mol. The van der Waals surface area contributed by atoms with Crippen molar-refractivity contribution in [1.29, 1.82) is 0 Å². The maximum absolute atomic E-state index is 5.61. The van der Waals surface area contributed by atoms with Crippen LogP contribution in [0.5, 0.6) is 0 Å². The third kappa shape index (κ3) is 2.49. The zero-order chi connectivity index (χ0) is 10.7. The molecular formula is C11H17N3S. The van der Waals surface area contributed by atoms with Gasteiger partial charge in [-0.3, -0.25) is 0 Å². The van der Waals surface area contributed by atoms with Crippen molar-refractivity contribution in [3.05, 3.63) is 17.6 Å². The molecule has 1 heterocycles. The molecule has 3 nitrogen and oxygen atoms in total. The van der Waals surface area contributed by atoms with Gasteiger partial charge in [0, 0.05) is 11.6 Å². The average molecular weight is 223 g/mol. The van der Waals surface area contributed by atoms with Gasteiger partial charge in [-0.25, -0.2) is 9.97 Å². The Morgan fingerprint density at radius 2 is 2.13 bits per heavy atom. The molecule has 2 rings (SSSR count). The first-order valence-corrected chi connectivity index (χ1v) is 6.68. The van der Waals surface area contributed by atoms with Crippen LogP contribution in [0.25, 0.3) is 0 Å². The fraction of sp³-hybridized carbons (Fsp3) is 0.636. The van der Waals surface area contributed by atoms with Gasteiger partial charge in [-0.05, 0) is 25.2 Å². The second-order valence-electron chi connectivity index (χ2n) is 3.94. The summed E-state index contributed by atoms with van der Waals surface area (Å²) in [5.41, 5.74) is 6.81. The zero-order valence-corrected chi connectivity index (χ0v) is 9.89. The molecule has 82 valence electrons. The van der Waals surface area contributed by atoms with E-state index < -0.39 is 0 Å². The van der Waals surface area contributed by atoms with Gasteiger partial charge in [-0.15, -0.1) is 11.8 Å². The number of nitrogens with zero attached hydrogens (tertiary/aromatic N) is 2. The molecule has 0 bridgehead atoms. The molecule has 0 amide bonds. The van der Waals surface area contributed by atoms with Crippen molar-refractivity contribution in [3.8, 4) is 0 Å². The van der Waals surface area contributed by atoms with Crippen molar-refractivity contribution in [3.63, 3.8) is 0 Å². The van der Waals surface area contributed by atoms with E-state index in [0.29, 0.717) is 12.5 Å². The summed E-state index contributed by atoms with van der Waals surface area (Å²) in [6, 6.07) is 2.12. The predicted octanol–water partition coefficient (Wildman–Crippen LogP) is 2.31. The van der Waals surface area contributed by atoms with Crippen LogP contribution in [0, 0.1) is 0 Å². The van der Waals surface area contributed by atoms with E-state index in [0.717, 1.165) is 10.9 Å². The quantitative estimate of drug-likeness (QED) is 0.631. The van der Waals surface area contributed by atoms with Crippen molar-refractivity contribution in [2.45, 2.75) is 43.2 Å². The second-order valence-corrected chi connectivity index (χ2v) is 4.76. The van der Waals surface area contributed by atoms with Gasteiger partial charge in [-0.1, -0.05) is 12.8 Å².